The molecule has 0 N–H and O–H groups in total. The smallest absolute Gasteiger partial charge is 0.201 e. The predicted molar refractivity (Wildman–Crippen MR) is 172 cm³/mol. The number of ether oxygens (including phenoxy) is 1. The van der Waals surface area contributed by atoms with Crippen LogP contribution in [-0.4, -0.2) is 6.61 Å². The molecule has 0 heterocycles. The van der Waals surface area contributed by atoms with Crippen molar-refractivity contribution in [1.82, 2.24) is 0 Å². The van der Waals surface area contributed by atoms with Crippen molar-refractivity contribution in [2.45, 2.75) is 97.3 Å². The summed E-state index contributed by atoms with van der Waals surface area (Å²) >= 11 is 0. The summed E-state index contributed by atoms with van der Waals surface area (Å²) in [5.74, 6) is 0.370. The lowest BCUT2D eigenvalue weighted by molar-refractivity contribution is 0.189. The van der Waals surface area contributed by atoms with Crippen molar-refractivity contribution in [2.75, 3.05) is 6.61 Å². The van der Waals surface area contributed by atoms with E-state index in [1.165, 1.54) is 44.6 Å². The van der Waals surface area contributed by atoms with Crippen LogP contribution in [0, 0.1) is 35.2 Å². The number of hydrogen-bond acceptors (Lipinski definition) is 1. The SMILES string of the molecule is CCCCCCOc1ccc(-c2ccc(-c3ccc(C4=CCC(C5CCC(CCC)CC5)CC4)c(F)c3)cc2)c(F)c1F. The molecule has 1 nitrogen and oxygen atoms in total. The molecule has 1 unspecified atom stereocenters. The zero-order chi connectivity index (χ0) is 30.2. The lowest BCUT2D eigenvalue weighted by atomic mass is 9.70. The highest BCUT2D eigenvalue weighted by Crippen LogP contribution is 2.42. The van der Waals surface area contributed by atoms with Crippen molar-refractivity contribution in [3.8, 4) is 28.0 Å². The van der Waals surface area contributed by atoms with Crippen LogP contribution in [0.4, 0.5) is 13.2 Å². The third-order valence-corrected chi connectivity index (χ3v) is 9.85. The summed E-state index contributed by atoms with van der Waals surface area (Å²) in [5, 5.41) is 0. The molecule has 3 aromatic rings. The first-order valence-corrected chi connectivity index (χ1v) is 16.7. The number of benzene rings is 3. The van der Waals surface area contributed by atoms with Gasteiger partial charge in [0.25, 0.3) is 0 Å². The van der Waals surface area contributed by atoms with Gasteiger partial charge in [-0.1, -0.05) is 101 Å². The van der Waals surface area contributed by atoms with Crippen molar-refractivity contribution >= 4 is 5.57 Å². The second-order valence-corrected chi connectivity index (χ2v) is 12.8. The van der Waals surface area contributed by atoms with E-state index in [0.717, 1.165) is 79.4 Å². The van der Waals surface area contributed by atoms with Crippen molar-refractivity contribution in [2.24, 2.45) is 17.8 Å². The first-order valence-electron chi connectivity index (χ1n) is 16.7. The maximum Gasteiger partial charge on any atom is 0.201 e. The molecule has 0 radical (unpaired) electrons. The minimum absolute atomic E-state index is 0.0527. The minimum Gasteiger partial charge on any atom is -0.490 e. The van der Waals surface area contributed by atoms with Crippen LogP contribution in [0.25, 0.3) is 27.8 Å². The molecule has 230 valence electrons. The molecule has 1 fully saturated rings. The van der Waals surface area contributed by atoms with Crippen LogP contribution >= 0.6 is 0 Å². The van der Waals surface area contributed by atoms with Crippen LogP contribution in [0.3, 0.4) is 0 Å². The van der Waals surface area contributed by atoms with Gasteiger partial charge < -0.3 is 4.74 Å². The fourth-order valence-corrected chi connectivity index (χ4v) is 7.26. The summed E-state index contributed by atoms with van der Waals surface area (Å²) in [5.41, 5.74) is 4.17. The van der Waals surface area contributed by atoms with E-state index in [0.29, 0.717) is 17.7 Å². The van der Waals surface area contributed by atoms with Gasteiger partial charge in [-0.3, -0.25) is 0 Å². The summed E-state index contributed by atoms with van der Waals surface area (Å²) in [6, 6.07) is 15.7. The fourth-order valence-electron chi connectivity index (χ4n) is 7.26. The van der Waals surface area contributed by atoms with Crippen molar-refractivity contribution in [3.05, 3.63) is 83.7 Å². The van der Waals surface area contributed by atoms with E-state index in [4.69, 9.17) is 4.74 Å². The first-order chi connectivity index (χ1) is 21.0. The molecule has 0 aromatic heterocycles. The van der Waals surface area contributed by atoms with Gasteiger partial charge in [-0.25, -0.2) is 8.78 Å². The van der Waals surface area contributed by atoms with Crippen LogP contribution in [0.15, 0.2) is 60.7 Å². The second kappa shape index (κ2) is 15.1. The van der Waals surface area contributed by atoms with Gasteiger partial charge in [0.15, 0.2) is 11.6 Å². The first kappa shape index (κ1) is 31.4. The van der Waals surface area contributed by atoms with Crippen LogP contribution in [0.5, 0.6) is 5.75 Å². The lowest BCUT2D eigenvalue weighted by Crippen LogP contribution is -2.23. The Kier molecular flexibility index (Phi) is 11.1. The van der Waals surface area contributed by atoms with E-state index >= 15 is 4.39 Å². The van der Waals surface area contributed by atoms with Gasteiger partial charge in [-0.15, -0.1) is 0 Å². The Hall–Kier alpha value is -3.01. The minimum atomic E-state index is -0.961. The molecule has 1 atom stereocenters. The molecule has 2 aliphatic carbocycles. The zero-order valence-corrected chi connectivity index (χ0v) is 25.9. The predicted octanol–water partition coefficient (Wildman–Crippen LogP) is 12.2. The van der Waals surface area contributed by atoms with Gasteiger partial charge >= 0.3 is 0 Å². The van der Waals surface area contributed by atoms with Crippen LogP contribution in [0.1, 0.15) is 103 Å². The Labute approximate surface area is 256 Å². The van der Waals surface area contributed by atoms with E-state index in [9.17, 15) is 8.78 Å². The molecule has 0 bridgehead atoms. The number of rotatable bonds is 12. The molecular weight excluding hydrogens is 541 g/mol. The summed E-state index contributed by atoms with van der Waals surface area (Å²) in [7, 11) is 0. The maximum atomic E-state index is 15.4. The zero-order valence-electron chi connectivity index (χ0n) is 25.9. The molecule has 2 aliphatic rings. The van der Waals surface area contributed by atoms with Crippen molar-refractivity contribution in [1.29, 1.82) is 0 Å². The average Bonchev–Trinajstić information content (AvgIpc) is 3.04. The molecule has 0 amide bonds. The quantitative estimate of drug-likeness (QED) is 0.191. The Morgan fingerprint density at radius 1 is 0.674 bits per heavy atom. The third kappa shape index (κ3) is 7.75. The van der Waals surface area contributed by atoms with Gasteiger partial charge in [0.05, 0.1) is 6.61 Å². The number of hydrogen-bond donors (Lipinski definition) is 0. The Morgan fingerprint density at radius 2 is 1.40 bits per heavy atom. The van der Waals surface area contributed by atoms with Gasteiger partial charge in [0.2, 0.25) is 5.82 Å². The molecule has 0 spiro atoms. The average molecular weight is 589 g/mol. The lowest BCUT2D eigenvalue weighted by Gasteiger charge is -2.35. The molecule has 43 heavy (non-hydrogen) atoms. The van der Waals surface area contributed by atoms with E-state index in [-0.39, 0.29) is 17.1 Å². The molecule has 5 rings (SSSR count). The maximum absolute atomic E-state index is 15.4. The van der Waals surface area contributed by atoms with Crippen LogP contribution < -0.4 is 4.74 Å². The molecule has 0 aliphatic heterocycles. The number of halogens is 3. The Morgan fingerprint density at radius 3 is 2.07 bits per heavy atom. The summed E-state index contributed by atoms with van der Waals surface area (Å²) in [4.78, 5) is 0. The third-order valence-electron chi connectivity index (χ3n) is 9.85. The number of allylic oxidation sites excluding steroid dienone is 2. The highest BCUT2D eigenvalue weighted by atomic mass is 19.2. The Bertz CT molecular complexity index is 1370. The molecule has 3 aromatic carbocycles. The molecule has 4 heteroatoms. The highest BCUT2D eigenvalue weighted by Gasteiger charge is 2.29. The van der Waals surface area contributed by atoms with Crippen LogP contribution in [-0.2, 0) is 0 Å². The fraction of sp³-hybridized carbons (Fsp3) is 0.487. The summed E-state index contributed by atoms with van der Waals surface area (Å²) in [6.07, 6.45) is 17.6. The van der Waals surface area contributed by atoms with Gasteiger partial charge in [-0.2, -0.15) is 4.39 Å². The normalized spacial score (nSPS) is 20.6. The van der Waals surface area contributed by atoms with E-state index < -0.39 is 11.6 Å². The molecular formula is C39H47F3O. The topological polar surface area (TPSA) is 9.23 Å². The monoisotopic (exact) mass is 588 g/mol. The Balaban J connectivity index is 1.21. The standard InChI is InChI=1S/C39H47F3O/c1-3-5-6-7-25-43-37-24-23-35(38(41)39(37)42)32-19-15-30(16-20-32)33-21-22-34(36(40)26-33)31-17-13-29(14-18-31)28-11-9-27(8-4-2)10-12-28/h15-17,19-24,26-29H,3-14,18,25H2,1-2H3. The van der Waals surface area contributed by atoms with Gasteiger partial charge in [0.1, 0.15) is 5.82 Å². The van der Waals surface area contributed by atoms with E-state index in [1.807, 2.05) is 24.3 Å². The highest BCUT2D eigenvalue weighted by molar-refractivity contribution is 5.74. The largest absolute Gasteiger partial charge is 0.490 e. The van der Waals surface area contributed by atoms with E-state index in [2.05, 4.69) is 19.9 Å². The van der Waals surface area contributed by atoms with Crippen molar-refractivity contribution < 1.29 is 17.9 Å². The number of unbranched alkanes of at least 4 members (excludes halogenated alkanes) is 3. The second-order valence-electron chi connectivity index (χ2n) is 12.8. The summed E-state index contributed by atoms with van der Waals surface area (Å²) < 4.78 is 50.5. The molecule has 0 saturated heterocycles. The van der Waals surface area contributed by atoms with Gasteiger partial charge in [-0.05, 0) is 96.7 Å². The van der Waals surface area contributed by atoms with Crippen LogP contribution in [0.2, 0.25) is 0 Å². The molecule has 1 saturated carbocycles. The van der Waals surface area contributed by atoms with Crippen molar-refractivity contribution in [3.63, 3.8) is 0 Å². The van der Waals surface area contributed by atoms with E-state index in [1.54, 1.807) is 24.3 Å². The van der Waals surface area contributed by atoms with Gasteiger partial charge in [0, 0.05) is 11.1 Å². The summed E-state index contributed by atoms with van der Waals surface area (Å²) in [6.45, 7) is 4.79.